The van der Waals surface area contributed by atoms with Crippen molar-refractivity contribution in [3.63, 3.8) is 0 Å². The monoisotopic (exact) mass is 460 g/mol. The SMILES string of the molecule is CCc1n[nH]c(CC)c1CCCCCCOc1ccc(OC)cc1Cl.CS(=O)(=O)O. The number of aromatic amines is 1. The summed E-state index contributed by atoms with van der Waals surface area (Å²) < 4.78 is 36.8. The molecule has 0 spiro atoms. The van der Waals surface area contributed by atoms with E-state index in [-0.39, 0.29) is 0 Å². The quantitative estimate of drug-likeness (QED) is 0.366. The maximum Gasteiger partial charge on any atom is 0.261 e. The van der Waals surface area contributed by atoms with Gasteiger partial charge in [0, 0.05) is 11.8 Å². The summed E-state index contributed by atoms with van der Waals surface area (Å²) in [5, 5.41) is 8.19. The molecule has 2 rings (SSSR count). The summed E-state index contributed by atoms with van der Waals surface area (Å²) in [6.45, 7) is 5.04. The van der Waals surface area contributed by atoms with Gasteiger partial charge in [-0.2, -0.15) is 13.5 Å². The zero-order valence-corrected chi connectivity index (χ0v) is 19.8. The molecule has 0 radical (unpaired) electrons. The van der Waals surface area contributed by atoms with E-state index in [0.29, 0.717) is 17.9 Å². The van der Waals surface area contributed by atoms with Crippen LogP contribution < -0.4 is 9.47 Å². The number of H-pyrrole nitrogens is 1. The molecule has 30 heavy (non-hydrogen) atoms. The van der Waals surface area contributed by atoms with Gasteiger partial charge in [0.2, 0.25) is 0 Å². The summed E-state index contributed by atoms with van der Waals surface area (Å²) in [6, 6.07) is 5.50. The molecule has 2 aromatic rings. The molecule has 1 aromatic heterocycles. The van der Waals surface area contributed by atoms with Crippen molar-refractivity contribution in [3.05, 3.63) is 40.2 Å². The highest BCUT2D eigenvalue weighted by Gasteiger charge is 2.10. The first kappa shape index (κ1) is 26.3. The van der Waals surface area contributed by atoms with Gasteiger partial charge in [-0.05, 0) is 49.8 Å². The van der Waals surface area contributed by atoms with E-state index in [1.165, 1.54) is 29.8 Å². The lowest BCUT2D eigenvalue weighted by Gasteiger charge is -2.09. The molecule has 0 saturated carbocycles. The number of nitrogens with one attached hydrogen (secondary N) is 1. The van der Waals surface area contributed by atoms with Crippen LogP contribution in [0, 0.1) is 0 Å². The third-order valence-electron chi connectivity index (χ3n) is 4.44. The highest BCUT2D eigenvalue weighted by atomic mass is 35.5. The van der Waals surface area contributed by atoms with Gasteiger partial charge >= 0.3 is 0 Å². The van der Waals surface area contributed by atoms with Crippen molar-refractivity contribution in [2.45, 2.75) is 58.8 Å². The van der Waals surface area contributed by atoms with Gasteiger partial charge in [0.15, 0.2) is 0 Å². The fourth-order valence-corrected chi connectivity index (χ4v) is 3.21. The molecule has 1 aromatic carbocycles. The van der Waals surface area contributed by atoms with Crippen LogP contribution in [0.4, 0.5) is 0 Å². The lowest BCUT2D eigenvalue weighted by Crippen LogP contribution is -1.99. The Bertz CT molecular complexity index is 839. The molecule has 7 nitrogen and oxygen atoms in total. The highest BCUT2D eigenvalue weighted by Crippen LogP contribution is 2.28. The van der Waals surface area contributed by atoms with E-state index in [2.05, 4.69) is 24.0 Å². The van der Waals surface area contributed by atoms with Crippen molar-refractivity contribution in [3.8, 4) is 11.5 Å². The Morgan fingerprint density at radius 3 is 2.37 bits per heavy atom. The Kier molecular flexibility index (Phi) is 11.8. The summed E-state index contributed by atoms with van der Waals surface area (Å²) >= 11 is 6.17. The number of unbranched alkanes of at least 4 members (excludes halogenated alkanes) is 3. The van der Waals surface area contributed by atoms with Gasteiger partial charge in [-0.1, -0.05) is 38.3 Å². The number of methoxy groups -OCH3 is 1. The molecule has 2 N–H and O–H groups in total. The summed E-state index contributed by atoms with van der Waals surface area (Å²) in [7, 11) is -2.04. The van der Waals surface area contributed by atoms with Crippen LogP contribution in [0.5, 0.6) is 11.5 Å². The second kappa shape index (κ2) is 13.5. The van der Waals surface area contributed by atoms with E-state index in [0.717, 1.165) is 43.6 Å². The van der Waals surface area contributed by atoms with E-state index in [1.807, 2.05) is 12.1 Å². The van der Waals surface area contributed by atoms with Crippen LogP contribution in [0.2, 0.25) is 5.02 Å². The zero-order chi connectivity index (χ0) is 22.6. The van der Waals surface area contributed by atoms with Crippen molar-refractivity contribution in [1.82, 2.24) is 10.2 Å². The van der Waals surface area contributed by atoms with Gasteiger partial charge in [-0.3, -0.25) is 9.65 Å². The van der Waals surface area contributed by atoms with Gasteiger partial charge in [-0.25, -0.2) is 0 Å². The Morgan fingerprint density at radius 1 is 1.13 bits per heavy atom. The van der Waals surface area contributed by atoms with Gasteiger partial charge < -0.3 is 9.47 Å². The first-order chi connectivity index (χ1) is 14.2. The molecule has 0 unspecified atom stereocenters. The molecular formula is C21H33ClN2O5S. The summed E-state index contributed by atoms with van der Waals surface area (Å²) in [6.07, 6.45) is 8.46. The number of benzene rings is 1. The summed E-state index contributed by atoms with van der Waals surface area (Å²) in [5.41, 5.74) is 3.97. The standard InChI is InChI=1S/C20H29ClN2O2.CH4O3S/c1-4-18-16(19(5-2)23-22-18)10-8-6-7-9-13-25-20-12-11-15(24-3)14-17(20)21;1-5(2,3)4/h11-12,14H,4-10,13H2,1-3H3,(H,22,23);1H3,(H,2,3,4). The number of ether oxygens (including phenoxy) is 2. The molecule has 0 aliphatic carbocycles. The lowest BCUT2D eigenvalue weighted by molar-refractivity contribution is 0.304. The number of rotatable bonds is 11. The largest absolute Gasteiger partial charge is 0.497 e. The first-order valence-electron chi connectivity index (χ1n) is 10.1. The van der Waals surface area contributed by atoms with Crippen molar-refractivity contribution in [1.29, 1.82) is 0 Å². The normalized spacial score (nSPS) is 11.0. The molecule has 0 bridgehead atoms. The number of hydrogen-bond donors (Lipinski definition) is 2. The predicted molar refractivity (Wildman–Crippen MR) is 120 cm³/mol. The number of halogens is 1. The average Bonchev–Trinajstić information content (AvgIpc) is 3.08. The minimum atomic E-state index is -3.67. The number of nitrogens with zero attached hydrogens (tertiary/aromatic N) is 1. The van der Waals surface area contributed by atoms with Crippen LogP contribution in [0.25, 0.3) is 0 Å². The van der Waals surface area contributed by atoms with Crippen LogP contribution >= 0.6 is 11.6 Å². The highest BCUT2D eigenvalue weighted by molar-refractivity contribution is 7.85. The minimum absolute atomic E-state index is 0.596. The van der Waals surface area contributed by atoms with Crippen molar-refractivity contribution >= 4 is 21.7 Å². The van der Waals surface area contributed by atoms with Crippen LogP contribution in [0.1, 0.15) is 56.5 Å². The van der Waals surface area contributed by atoms with Crippen LogP contribution in [0.15, 0.2) is 18.2 Å². The molecule has 0 aliphatic heterocycles. The molecule has 0 amide bonds. The fourth-order valence-electron chi connectivity index (χ4n) is 2.99. The molecular weight excluding hydrogens is 428 g/mol. The Balaban J connectivity index is 0.000000804. The van der Waals surface area contributed by atoms with Gasteiger partial charge in [-0.15, -0.1) is 0 Å². The molecule has 0 aliphatic rings. The van der Waals surface area contributed by atoms with Crippen molar-refractivity contribution < 1.29 is 22.4 Å². The molecule has 0 atom stereocenters. The average molecular weight is 461 g/mol. The number of hydrogen-bond acceptors (Lipinski definition) is 5. The topological polar surface area (TPSA) is 102 Å². The van der Waals surface area contributed by atoms with E-state index >= 15 is 0 Å². The van der Waals surface area contributed by atoms with E-state index in [4.69, 9.17) is 25.6 Å². The Labute approximate surface area is 184 Å². The second-order valence-corrected chi connectivity index (χ2v) is 8.75. The molecule has 1 heterocycles. The fraction of sp³-hybridized carbons (Fsp3) is 0.571. The minimum Gasteiger partial charge on any atom is -0.497 e. The van der Waals surface area contributed by atoms with E-state index in [9.17, 15) is 8.42 Å². The third-order valence-corrected chi connectivity index (χ3v) is 4.74. The van der Waals surface area contributed by atoms with Gasteiger partial charge in [0.25, 0.3) is 10.1 Å². The lowest BCUT2D eigenvalue weighted by atomic mass is 10.0. The molecule has 9 heteroatoms. The molecule has 0 fully saturated rings. The van der Waals surface area contributed by atoms with Crippen molar-refractivity contribution in [2.24, 2.45) is 0 Å². The molecule has 170 valence electrons. The Morgan fingerprint density at radius 2 is 1.80 bits per heavy atom. The van der Waals surface area contributed by atoms with Gasteiger partial charge in [0.1, 0.15) is 11.5 Å². The van der Waals surface area contributed by atoms with E-state index < -0.39 is 10.1 Å². The zero-order valence-electron chi connectivity index (χ0n) is 18.2. The van der Waals surface area contributed by atoms with Crippen LogP contribution in [-0.4, -0.2) is 43.1 Å². The maximum atomic E-state index is 9.19. The Hall–Kier alpha value is -1.77. The summed E-state index contributed by atoms with van der Waals surface area (Å²) in [5.74, 6) is 1.47. The summed E-state index contributed by atoms with van der Waals surface area (Å²) in [4.78, 5) is 0. The molecule has 0 saturated heterocycles. The number of aryl methyl sites for hydroxylation is 2. The van der Waals surface area contributed by atoms with Gasteiger partial charge in [0.05, 0.1) is 30.7 Å². The predicted octanol–water partition coefficient (Wildman–Crippen LogP) is 4.88. The number of aromatic nitrogens is 2. The smallest absolute Gasteiger partial charge is 0.261 e. The maximum absolute atomic E-state index is 9.19. The second-order valence-electron chi connectivity index (χ2n) is 6.88. The first-order valence-corrected chi connectivity index (χ1v) is 12.4. The van der Waals surface area contributed by atoms with E-state index in [1.54, 1.807) is 13.2 Å². The third kappa shape index (κ3) is 10.3. The van der Waals surface area contributed by atoms with Crippen LogP contribution in [0.3, 0.4) is 0 Å². The van der Waals surface area contributed by atoms with Crippen LogP contribution in [-0.2, 0) is 29.4 Å². The van der Waals surface area contributed by atoms with Crippen molar-refractivity contribution in [2.75, 3.05) is 20.0 Å².